The number of sulfonamides is 1. The van der Waals surface area contributed by atoms with Crippen LogP contribution in [0.3, 0.4) is 0 Å². The second-order valence-corrected chi connectivity index (χ2v) is 10.8. The van der Waals surface area contributed by atoms with E-state index in [4.69, 9.17) is 21.7 Å². The molecule has 0 radical (unpaired) electrons. The van der Waals surface area contributed by atoms with Gasteiger partial charge in [-0.2, -0.15) is 0 Å². The number of carbonyl (C=O) groups excluding carboxylic acids is 1. The SMILES string of the molecule is CCOc1ccc(NS(=O)(=O)c2ccc(NC(=S)NC(=O)COc3ccc(Br)cc3Br)cc2)cc1. The number of benzene rings is 3. The van der Waals surface area contributed by atoms with Gasteiger partial charge in [0.1, 0.15) is 11.5 Å². The minimum Gasteiger partial charge on any atom is -0.494 e. The first-order chi connectivity index (χ1) is 16.7. The average molecular weight is 643 g/mol. The van der Waals surface area contributed by atoms with Crippen LogP contribution < -0.4 is 24.8 Å². The summed E-state index contributed by atoms with van der Waals surface area (Å²) >= 11 is 11.9. The zero-order valence-electron chi connectivity index (χ0n) is 18.4. The van der Waals surface area contributed by atoms with Gasteiger partial charge in [0.15, 0.2) is 11.7 Å². The third kappa shape index (κ3) is 8.20. The van der Waals surface area contributed by atoms with Crippen molar-refractivity contribution in [1.29, 1.82) is 0 Å². The molecule has 3 aromatic carbocycles. The van der Waals surface area contributed by atoms with Crippen molar-refractivity contribution in [3.63, 3.8) is 0 Å². The number of anilines is 2. The molecule has 1 amide bonds. The number of amides is 1. The van der Waals surface area contributed by atoms with Crippen LogP contribution in [0.4, 0.5) is 11.4 Å². The lowest BCUT2D eigenvalue weighted by atomic mass is 10.3. The molecule has 0 atom stereocenters. The Morgan fingerprint density at radius 3 is 2.23 bits per heavy atom. The lowest BCUT2D eigenvalue weighted by Gasteiger charge is -2.12. The smallest absolute Gasteiger partial charge is 0.264 e. The Morgan fingerprint density at radius 1 is 0.943 bits per heavy atom. The number of halogens is 2. The van der Waals surface area contributed by atoms with E-state index in [1.54, 1.807) is 54.6 Å². The molecule has 0 fully saturated rings. The van der Waals surface area contributed by atoms with Gasteiger partial charge in [-0.3, -0.25) is 14.8 Å². The number of hydrogen-bond acceptors (Lipinski definition) is 6. The third-order valence-corrected chi connectivity index (χ3v) is 7.06. The third-order valence-electron chi connectivity index (χ3n) is 4.35. The zero-order chi connectivity index (χ0) is 25.4. The molecular formula is C23H21Br2N3O5S2. The summed E-state index contributed by atoms with van der Waals surface area (Å²) in [6.07, 6.45) is 0. The number of rotatable bonds is 9. The lowest BCUT2D eigenvalue weighted by Crippen LogP contribution is -2.37. The predicted octanol–water partition coefficient (Wildman–Crippen LogP) is 5.30. The second-order valence-electron chi connectivity index (χ2n) is 6.95. The molecule has 0 saturated carbocycles. The summed E-state index contributed by atoms with van der Waals surface area (Å²) in [5.41, 5.74) is 0.920. The molecule has 35 heavy (non-hydrogen) atoms. The zero-order valence-corrected chi connectivity index (χ0v) is 23.2. The average Bonchev–Trinajstić information content (AvgIpc) is 2.80. The molecule has 0 aromatic heterocycles. The first-order valence-electron chi connectivity index (χ1n) is 10.2. The van der Waals surface area contributed by atoms with E-state index in [0.29, 0.717) is 34.0 Å². The van der Waals surface area contributed by atoms with Crippen LogP contribution in [0.1, 0.15) is 6.92 Å². The molecule has 12 heteroatoms. The Hall–Kier alpha value is -2.67. The van der Waals surface area contributed by atoms with E-state index < -0.39 is 15.9 Å². The largest absolute Gasteiger partial charge is 0.494 e. The fourth-order valence-electron chi connectivity index (χ4n) is 2.78. The van der Waals surface area contributed by atoms with Gasteiger partial charge >= 0.3 is 0 Å². The van der Waals surface area contributed by atoms with Crippen molar-refractivity contribution in [3.05, 3.63) is 75.7 Å². The predicted molar refractivity (Wildman–Crippen MR) is 147 cm³/mol. The van der Waals surface area contributed by atoms with E-state index in [1.807, 2.05) is 6.92 Å². The van der Waals surface area contributed by atoms with Gasteiger partial charge in [0, 0.05) is 15.8 Å². The standard InChI is InChI=1S/C23H21Br2N3O5S2/c1-2-32-18-8-4-17(5-9-18)28-35(30,31)19-10-6-16(7-11-19)26-23(34)27-22(29)14-33-21-12-3-15(24)13-20(21)25/h3-13,28H,2,14H2,1H3,(H2,26,27,29,34). The first-order valence-corrected chi connectivity index (χ1v) is 13.7. The molecule has 3 rings (SSSR count). The molecule has 0 bridgehead atoms. The summed E-state index contributed by atoms with van der Waals surface area (Å²) < 4.78 is 40.2. The van der Waals surface area contributed by atoms with Crippen LogP contribution in [-0.4, -0.2) is 32.7 Å². The van der Waals surface area contributed by atoms with Gasteiger partial charge < -0.3 is 14.8 Å². The molecule has 3 N–H and O–H groups in total. The molecule has 0 aliphatic carbocycles. The molecule has 8 nitrogen and oxygen atoms in total. The molecule has 0 unspecified atom stereocenters. The minimum atomic E-state index is -3.79. The molecule has 184 valence electrons. The van der Waals surface area contributed by atoms with Crippen LogP contribution >= 0.6 is 44.1 Å². The van der Waals surface area contributed by atoms with E-state index >= 15 is 0 Å². The molecule has 0 saturated heterocycles. The van der Waals surface area contributed by atoms with Gasteiger partial charge in [-0.25, -0.2) is 8.42 Å². The summed E-state index contributed by atoms with van der Waals surface area (Å²) in [6.45, 7) is 2.15. The topological polar surface area (TPSA) is 106 Å². The molecule has 0 aliphatic heterocycles. The highest BCUT2D eigenvalue weighted by Gasteiger charge is 2.15. The van der Waals surface area contributed by atoms with Crippen molar-refractivity contribution in [2.45, 2.75) is 11.8 Å². The molecule has 3 aromatic rings. The Balaban J connectivity index is 1.52. The Labute approximate surface area is 225 Å². The van der Waals surface area contributed by atoms with Crippen LogP contribution in [0.25, 0.3) is 0 Å². The van der Waals surface area contributed by atoms with Crippen molar-refractivity contribution >= 4 is 76.5 Å². The van der Waals surface area contributed by atoms with Crippen molar-refractivity contribution in [2.75, 3.05) is 23.3 Å². The number of hydrogen-bond donors (Lipinski definition) is 3. The van der Waals surface area contributed by atoms with E-state index in [9.17, 15) is 13.2 Å². The summed E-state index contributed by atoms with van der Waals surface area (Å²) in [5, 5.41) is 5.40. The van der Waals surface area contributed by atoms with Crippen molar-refractivity contribution in [1.82, 2.24) is 5.32 Å². The lowest BCUT2D eigenvalue weighted by molar-refractivity contribution is -0.121. The highest BCUT2D eigenvalue weighted by molar-refractivity contribution is 9.11. The van der Waals surface area contributed by atoms with Gasteiger partial charge in [0.2, 0.25) is 0 Å². The first kappa shape index (κ1) is 26.9. The van der Waals surface area contributed by atoms with Crippen LogP contribution in [0.2, 0.25) is 0 Å². The quantitative estimate of drug-likeness (QED) is 0.272. The summed E-state index contributed by atoms with van der Waals surface area (Å²) in [7, 11) is -3.79. The van der Waals surface area contributed by atoms with Gasteiger partial charge in [0.05, 0.1) is 16.0 Å². The van der Waals surface area contributed by atoms with Gasteiger partial charge in [-0.15, -0.1) is 0 Å². The Bertz CT molecular complexity index is 1300. The van der Waals surface area contributed by atoms with Gasteiger partial charge in [-0.1, -0.05) is 15.9 Å². The van der Waals surface area contributed by atoms with E-state index in [1.165, 1.54) is 12.1 Å². The number of thiocarbonyl (C=S) groups is 1. The number of nitrogens with one attached hydrogen (secondary N) is 3. The summed E-state index contributed by atoms with van der Waals surface area (Å²) in [4.78, 5) is 12.2. The van der Waals surface area contributed by atoms with E-state index in [-0.39, 0.29) is 16.6 Å². The van der Waals surface area contributed by atoms with Crippen molar-refractivity contribution in [2.24, 2.45) is 0 Å². The fourth-order valence-corrected chi connectivity index (χ4v) is 5.23. The maximum atomic E-state index is 12.7. The second kappa shape index (κ2) is 12.3. The summed E-state index contributed by atoms with van der Waals surface area (Å²) in [5.74, 6) is 0.718. The van der Waals surface area contributed by atoms with Crippen LogP contribution in [0.5, 0.6) is 11.5 Å². The van der Waals surface area contributed by atoms with Crippen LogP contribution in [-0.2, 0) is 14.8 Å². The summed E-state index contributed by atoms with van der Waals surface area (Å²) in [6, 6.07) is 17.9. The van der Waals surface area contributed by atoms with E-state index in [2.05, 4.69) is 47.2 Å². The molecule has 0 aliphatic rings. The van der Waals surface area contributed by atoms with Crippen molar-refractivity contribution in [3.8, 4) is 11.5 Å². The minimum absolute atomic E-state index is 0.0524. The normalized spacial score (nSPS) is 10.8. The molecular weight excluding hydrogens is 622 g/mol. The number of ether oxygens (including phenoxy) is 2. The monoisotopic (exact) mass is 641 g/mol. The molecule has 0 heterocycles. The van der Waals surface area contributed by atoms with Gasteiger partial charge in [-0.05, 0) is 102 Å². The van der Waals surface area contributed by atoms with Crippen LogP contribution in [0, 0.1) is 0 Å². The highest BCUT2D eigenvalue weighted by Crippen LogP contribution is 2.28. The fraction of sp³-hybridized carbons (Fsp3) is 0.130. The van der Waals surface area contributed by atoms with Gasteiger partial charge in [0.25, 0.3) is 15.9 Å². The maximum Gasteiger partial charge on any atom is 0.264 e. The Kier molecular flexibility index (Phi) is 9.49. The maximum absolute atomic E-state index is 12.7. The highest BCUT2D eigenvalue weighted by atomic mass is 79.9. The molecule has 0 spiro atoms. The van der Waals surface area contributed by atoms with Crippen molar-refractivity contribution < 1.29 is 22.7 Å². The van der Waals surface area contributed by atoms with E-state index in [0.717, 1.165) is 4.47 Å². The van der Waals surface area contributed by atoms with Crippen LogP contribution in [0.15, 0.2) is 80.6 Å². The number of carbonyl (C=O) groups is 1. The Morgan fingerprint density at radius 2 is 1.60 bits per heavy atom.